The normalized spacial score (nSPS) is 12.0. The number of rotatable bonds is 4. The molecule has 1 unspecified atom stereocenters. The maximum atomic E-state index is 12.4. The highest BCUT2D eigenvalue weighted by Gasteiger charge is 2.24. The lowest BCUT2D eigenvalue weighted by molar-refractivity contribution is -0.742. The fraction of sp³-hybridized carbons (Fsp3) is 0.375. The predicted octanol–water partition coefficient (Wildman–Crippen LogP) is 5.97. The topological polar surface area (TPSA) is 98.3 Å². The molecule has 1 aromatic heterocycles. The van der Waals surface area contributed by atoms with Crippen LogP contribution in [0.25, 0.3) is 0 Å². The Morgan fingerprint density at radius 1 is 1.41 bits per heavy atom. The van der Waals surface area contributed by atoms with E-state index < -0.39 is 5.09 Å². The van der Waals surface area contributed by atoms with E-state index in [4.69, 9.17) is 38.5 Å². The molecule has 0 bridgehead atoms. The molecule has 0 radical (unpaired) electrons. The van der Waals surface area contributed by atoms with E-state index >= 15 is 0 Å². The molecule has 0 aliphatic carbocycles. The van der Waals surface area contributed by atoms with Crippen molar-refractivity contribution in [3.63, 3.8) is 0 Å². The summed E-state index contributed by atoms with van der Waals surface area (Å²) in [6.45, 7) is 6.69. The van der Waals surface area contributed by atoms with Crippen molar-refractivity contribution < 1.29 is 15.1 Å². The van der Waals surface area contributed by atoms with E-state index in [-0.39, 0.29) is 14.4 Å². The lowest BCUT2D eigenvalue weighted by Crippen LogP contribution is -2.12. The number of carbonyl (C=O) groups is 1. The van der Waals surface area contributed by atoms with Crippen LogP contribution in [0.1, 0.15) is 31.6 Å². The molecule has 1 N–H and O–H groups in total. The molecule has 0 aliphatic rings. The molecule has 0 saturated heterocycles. The number of imidazole rings is 1. The molecule has 1 heterocycles. The van der Waals surface area contributed by atoms with Crippen molar-refractivity contribution in [2.24, 2.45) is 0 Å². The largest absolute Gasteiger partial charge is 0.336 e. The first-order valence-electron chi connectivity index (χ1n) is 7.61. The van der Waals surface area contributed by atoms with Crippen LogP contribution in [0.2, 0.25) is 10.0 Å². The van der Waals surface area contributed by atoms with Crippen LogP contribution >= 0.6 is 46.7 Å². The highest BCUT2D eigenvalue weighted by Crippen LogP contribution is 2.41. The Balaban J connectivity index is 0.000000828. The molecule has 148 valence electrons. The van der Waals surface area contributed by atoms with E-state index in [9.17, 15) is 4.79 Å². The minimum absolute atomic E-state index is 0.0774. The average molecular weight is 452 g/mol. The summed E-state index contributed by atoms with van der Waals surface area (Å²) >= 11 is 14.9. The molecule has 0 fully saturated rings. The molecule has 1 atom stereocenters. The first-order valence-corrected chi connectivity index (χ1v) is 10.1. The molecular formula is C16H19Cl2N3O4S2. The zero-order valence-electron chi connectivity index (χ0n) is 14.8. The smallest absolute Gasteiger partial charge is 0.291 e. The first kappa shape index (κ1) is 23.6. The van der Waals surface area contributed by atoms with Crippen LogP contribution in [-0.4, -0.2) is 29.0 Å². The van der Waals surface area contributed by atoms with Gasteiger partial charge in [-0.05, 0) is 17.7 Å². The molecule has 0 amide bonds. The van der Waals surface area contributed by atoms with Gasteiger partial charge in [-0.3, -0.25) is 4.79 Å². The van der Waals surface area contributed by atoms with Gasteiger partial charge in [0.25, 0.3) is 5.09 Å². The Bertz CT molecular complexity index is 764. The minimum atomic E-state index is -1.50. The summed E-state index contributed by atoms with van der Waals surface area (Å²) in [7, 11) is 0. The summed E-state index contributed by atoms with van der Waals surface area (Å²) < 4.78 is 1.90. The summed E-state index contributed by atoms with van der Waals surface area (Å²) in [6, 6.07) is 5.39. The van der Waals surface area contributed by atoms with E-state index in [1.54, 1.807) is 24.7 Å². The monoisotopic (exact) mass is 451 g/mol. The zero-order chi connectivity index (χ0) is 20.6. The van der Waals surface area contributed by atoms with Crippen molar-refractivity contribution in [3.05, 3.63) is 62.6 Å². The van der Waals surface area contributed by atoms with Gasteiger partial charge in [-0.15, -0.1) is 10.1 Å². The molecule has 0 aliphatic heterocycles. The molecule has 1 aromatic carbocycles. The molecular weight excluding hydrogens is 433 g/mol. The van der Waals surface area contributed by atoms with Crippen LogP contribution in [0.5, 0.6) is 0 Å². The summed E-state index contributed by atoms with van der Waals surface area (Å²) in [5, 5.41) is 14.7. The molecule has 0 saturated carbocycles. The molecule has 2 aromatic rings. The van der Waals surface area contributed by atoms with E-state index in [1.807, 2.05) is 37.6 Å². The van der Waals surface area contributed by atoms with Crippen molar-refractivity contribution in [2.75, 3.05) is 0 Å². The van der Waals surface area contributed by atoms with Crippen LogP contribution in [0.4, 0.5) is 4.79 Å². The van der Waals surface area contributed by atoms with Gasteiger partial charge in [-0.25, -0.2) is 4.98 Å². The Labute approximate surface area is 175 Å². The zero-order valence-corrected chi connectivity index (χ0v) is 18.0. The molecule has 0 spiro atoms. The second-order valence-corrected chi connectivity index (χ2v) is 10.3. The number of benzene rings is 1. The first-order chi connectivity index (χ1) is 12.5. The quantitative estimate of drug-likeness (QED) is 0.451. The van der Waals surface area contributed by atoms with E-state index in [1.165, 1.54) is 23.5 Å². The number of carbonyl (C=O) groups excluding carboxylic acids is 1. The number of nitrogens with zero attached hydrogens (tertiary/aromatic N) is 3. The van der Waals surface area contributed by atoms with Gasteiger partial charge in [0.15, 0.2) is 0 Å². The molecule has 2 rings (SSSR count). The fourth-order valence-corrected chi connectivity index (χ4v) is 5.15. The Kier molecular flexibility index (Phi) is 9.44. The lowest BCUT2D eigenvalue weighted by atomic mass is 10.1. The van der Waals surface area contributed by atoms with Gasteiger partial charge in [0.1, 0.15) is 0 Å². The van der Waals surface area contributed by atoms with Crippen molar-refractivity contribution in [2.45, 2.75) is 37.3 Å². The van der Waals surface area contributed by atoms with E-state index in [0.29, 0.717) is 16.6 Å². The number of hydrogen-bond donors (Lipinski definition) is 1. The van der Waals surface area contributed by atoms with Crippen molar-refractivity contribution in [3.8, 4) is 0 Å². The van der Waals surface area contributed by atoms with Crippen LogP contribution in [0.3, 0.4) is 0 Å². The fourth-order valence-electron chi connectivity index (χ4n) is 1.94. The van der Waals surface area contributed by atoms with Gasteiger partial charge >= 0.3 is 0 Å². The van der Waals surface area contributed by atoms with Gasteiger partial charge in [0.05, 0.1) is 11.6 Å². The highest BCUT2D eigenvalue weighted by atomic mass is 35.5. The maximum Gasteiger partial charge on any atom is 0.291 e. The van der Waals surface area contributed by atoms with Crippen molar-refractivity contribution in [1.82, 2.24) is 9.55 Å². The minimum Gasteiger partial charge on any atom is -0.336 e. The van der Waals surface area contributed by atoms with Crippen LogP contribution < -0.4 is 0 Å². The summed E-state index contributed by atoms with van der Waals surface area (Å²) in [6.07, 6.45) is 5.33. The van der Waals surface area contributed by atoms with Gasteiger partial charge in [-0.1, -0.05) is 73.6 Å². The second-order valence-electron chi connectivity index (χ2n) is 6.23. The Morgan fingerprint density at radius 2 is 2.04 bits per heavy atom. The van der Waals surface area contributed by atoms with Gasteiger partial charge in [0, 0.05) is 33.7 Å². The number of aromatic nitrogens is 2. The average Bonchev–Trinajstić information content (AvgIpc) is 2.97. The highest BCUT2D eigenvalue weighted by molar-refractivity contribution is 8.39. The lowest BCUT2D eigenvalue weighted by Gasteiger charge is -2.21. The van der Waals surface area contributed by atoms with Gasteiger partial charge < -0.3 is 9.77 Å². The summed E-state index contributed by atoms with van der Waals surface area (Å²) in [5.74, 6) is 0. The third-order valence-electron chi connectivity index (χ3n) is 2.87. The number of hydrogen-bond acceptors (Lipinski definition) is 6. The van der Waals surface area contributed by atoms with Crippen LogP contribution in [0.15, 0.2) is 36.9 Å². The predicted molar refractivity (Wildman–Crippen MR) is 111 cm³/mol. The van der Waals surface area contributed by atoms with E-state index in [0.717, 1.165) is 5.56 Å². The Hall–Kier alpha value is -1.42. The SMILES string of the molecule is CC(C)(C)SC(=O)SC(Cn1ccnc1)c1ccc(Cl)cc1Cl.O=[N+]([O-])O. The second kappa shape index (κ2) is 10.8. The van der Waals surface area contributed by atoms with Crippen molar-refractivity contribution >= 4 is 51.2 Å². The molecule has 11 heteroatoms. The Morgan fingerprint density at radius 3 is 2.52 bits per heavy atom. The number of halogens is 2. The van der Waals surface area contributed by atoms with Crippen molar-refractivity contribution in [1.29, 1.82) is 0 Å². The molecule has 27 heavy (non-hydrogen) atoms. The summed E-state index contributed by atoms with van der Waals surface area (Å²) in [5.41, 5.74) is 0.901. The third kappa shape index (κ3) is 9.90. The standard InChI is InChI=1S/C16H18Cl2N2OS2.HNO3/c1-16(2,3)23-15(21)22-14(9-20-7-6-19-10-20)12-5-4-11(17)8-13(12)18;2-1(3)4/h4-8,10,14H,9H2,1-3H3;(H,2,3,4). The number of thioether (sulfide) groups is 2. The van der Waals surface area contributed by atoms with E-state index in [2.05, 4.69) is 4.98 Å². The summed E-state index contributed by atoms with van der Waals surface area (Å²) in [4.78, 5) is 24.8. The van der Waals surface area contributed by atoms with Crippen LogP contribution in [0, 0.1) is 10.1 Å². The van der Waals surface area contributed by atoms with Gasteiger partial charge in [0.2, 0.25) is 4.45 Å². The molecule has 7 nitrogen and oxygen atoms in total. The van der Waals surface area contributed by atoms with Crippen LogP contribution in [-0.2, 0) is 6.54 Å². The third-order valence-corrected chi connectivity index (χ3v) is 5.63. The van der Waals surface area contributed by atoms with Gasteiger partial charge in [-0.2, -0.15) is 0 Å². The maximum absolute atomic E-state index is 12.4.